The van der Waals surface area contributed by atoms with Crippen LogP contribution in [-0.4, -0.2) is 97.4 Å². The zero-order valence-corrected chi connectivity index (χ0v) is 30.4. The van der Waals surface area contributed by atoms with Crippen LogP contribution in [0, 0.1) is 41.4 Å². The van der Waals surface area contributed by atoms with Gasteiger partial charge in [-0.1, -0.05) is 20.3 Å². The number of aliphatic hydroxyl groups is 3. The molecule has 0 bridgehead atoms. The summed E-state index contributed by atoms with van der Waals surface area (Å²) in [5.41, 5.74) is 6.30. The first-order chi connectivity index (χ1) is 22.9. The molecular formula is C37H68N2O9. The van der Waals surface area contributed by atoms with Crippen molar-refractivity contribution in [2.45, 2.75) is 148 Å². The van der Waals surface area contributed by atoms with E-state index >= 15 is 0 Å². The number of ether oxygens (including phenoxy) is 4. The Morgan fingerprint density at radius 3 is 2.29 bits per heavy atom. The van der Waals surface area contributed by atoms with E-state index in [9.17, 15) is 24.9 Å². The molecule has 1 aliphatic heterocycles. The molecule has 280 valence electrons. The summed E-state index contributed by atoms with van der Waals surface area (Å²) < 4.78 is 23.2. The molecule has 1 saturated heterocycles. The Bertz CT molecular complexity index is 939. The van der Waals surface area contributed by atoms with E-state index in [1.807, 2.05) is 0 Å². The number of hydrogen-bond acceptors (Lipinski definition) is 11. The molecule has 2 aliphatic carbocycles. The van der Waals surface area contributed by atoms with Gasteiger partial charge in [0.1, 0.15) is 12.2 Å². The van der Waals surface area contributed by atoms with Gasteiger partial charge in [0.25, 0.3) is 0 Å². The van der Waals surface area contributed by atoms with E-state index in [4.69, 9.17) is 24.7 Å². The zero-order chi connectivity index (χ0) is 35.2. The normalized spacial score (nSPS) is 34.5. The predicted octanol–water partition coefficient (Wildman–Crippen LogP) is 3.94. The Morgan fingerprint density at radius 2 is 1.65 bits per heavy atom. The summed E-state index contributed by atoms with van der Waals surface area (Å²) in [5, 5.41) is 35.2. The first kappa shape index (κ1) is 41.1. The minimum atomic E-state index is -0.612. The second-order valence-corrected chi connectivity index (χ2v) is 15.5. The molecule has 3 fully saturated rings. The Kier molecular flexibility index (Phi) is 18.1. The molecule has 0 aromatic heterocycles. The quantitative estimate of drug-likeness (QED) is 0.141. The van der Waals surface area contributed by atoms with Crippen molar-refractivity contribution >= 4 is 11.9 Å². The topological polar surface area (TPSA) is 170 Å². The smallest absolute Gasteiger partial charge is 0.302 e. The van der Waals surface area contributed by atoms with Gasteiger partial charge in [-0.2, -0.15) is 0 Å². The zero-order valence-electron chi connectivity index (χ0n) is 30.4. The Morgan fingerprint density at radius 1 is 0.896 bits per heavy atom. The number of methoxy groups -OCH3 is 1. The summed E-state index contributed by atoms with van der Waals surface area (Å²) in [6, 6.07) is 0. The highest BCUT2D eigenvalue weighted by Gasteiger charge is 2.42. The van der Waals surface area contributed by atoms with Gasteiger partial charge in [0.2, 0.25) is 0 Å². The summed E-state index contributed by atoms with van der Waals surface area (Å²) in [6.45, 7) is 8.82. The van der Waals surface area contributed by atoms with Crippen LogP contribution in [0.5, 0.6) is 0 Å². The average Bonchev–Trinajstić information content (AvgIpc) is 3.01. The van der Waals surface area contributed by atoms with E-state index in [0.717, 1.165) is 57.9 Å². The van der Waals surface area contributed by atoms with Crippen molar-refractivity contribution in [1.29, 1.82) is 0 Å². The van der Waals surface area contributed by atoms with E-state index in [1.165, 1.54) is 13.8 Å². The standard InChI is InChI=1S/C37H68N2O9/c1-23(2)16-26-6-7-27(11-14-45-5)33(43)18-30(17-26)35(48-25(4)42)21-31(47-24(3)41)9-8-28-19-36(46-15-13-40)34(44)22-32(28)29-10-12-39-37(38)20-29/h23,26-37,39-40,43-44H,6-22,38H2,1-5H3/t26-,27-,28?,29?,30+,31-,32?,33-,34?,35-,36?,37?/m1/s1. The van der Waals surface area contributed by atoms with Crippen LogP contribution in [0.1, 0.15) is 111 Å². The van der Waals surface area contributed by atoms with E-state index in [-0.39, 0.29) is 61.1 Å². The minimum absolute atomic E-state index is 0.0684. The van der Waals surface area contributed by atoms with Crippen molar-refractivity contribution < 1.29 is 43.9 Å². The second kappa shape index (κ2) is 21.1. The van der Waals surface area contributed by atoms with Crippen LogP contribution in [0.4, 0.5) is 0 Å². The van der Waals surface area contributed by atoms with Crippen LogP contribution in [-0.2, 0) is 28.5 Å². The van der Waals surface area contributed by atoms with Crippen molar-refractivity contribution in [1.82, 2.24) is 5.32 Å². The predicted molar refractivity (Wildman–Crippen MR) is 184 cm³/mol. The van der Waals surface area contributed by atoms with Crippen LogP contribution in [0.15, 0.2) is 0 Å². The summed E-state index contributed by atoms with van der Waals surface area (Å²) in [5.74, 6) is 1.08. The van der Waals surface area contributed by atoms with Gasteiger partial charge in [-0.05, 0) is 119 Å². The SMILES string of the molecule is COCC[C@H]1CC[C@H](CC(C)C)C[C@H]([C@@H](C[C@@H](CCC2CC(OCCO)C(O)CC2C2CCNC(N)C2)OC(C)=O)OC(C)=O)C[C@H]1O. The monoisotopic (exact) mass is 684 g/mol. The van der Waals surface area contributed by atoms with Gasteiger partial charge in [0.05, 0.1) is 37.7 Å². The molecule has 3 aliphatic rings. The van der Waals surface area contributed by atoms with E-state index in [0.29, 0.717) is 56.5 Å². The Balaban J connectivity index is 1.82. The number of aliphatic hydroxyl groups excluding tert-OH is 3. The maximum atomic E-state index is 12.5. The van der Waals surface area contributed by atoms with Gasteiger partial charge in [-0.3, -0.25) is 9.59 Å². The first-order valence-corrected chi connectivity index (χ1v) is 18.8. The highest BCUT2D eigenvalue weighted by atomic mass is 16.6. The maximum absolute atomic E-state index is 12.5. The fraction of sp³-hybridized carbons (Fsp3) is 0.946. The molecule has 48 heavy (non-hydrogen) atoms. The van der Waals surface area contributed by atoms with Crippen molar-refractivity contribution in [2.75, 3.05) is 33.5 Å². The summed E-state index contributed by atoms with van der Waals surface area (Å²) in [6.07, 6.45) is 7.42. The molecule has 0 radical (unpaired) electrons. The minimum Gasteiger partial charge on any atom is -0.462 e. The van der Waals surface area contributed by atoms with E-state index in [2.05, 4.69) is 19.2 Å². The summed E-state index contributed by atoms with van der Waals surface area (Å²) in [4.78, 5) is 25.0. The molecule has 11 nitrogen and oxygen atoms in total. The molecular weight excluding hydrogens is 616 g/mol. The fourth-order valence-electron chi connectivity index (χ4n) is 9.16. The van der Waals surface area contributed by atoms with E-state index < -0.39 is 24.4 Å². The van der Waals surface area contributed by atoms with Gasteiger partial charge in [-0.25, -0.2) is 0 Å². The number of rotatable bonds is 17. The van der Waals surface area contributed by atoms with Gasteiger partial charge >= 0.3 is 11.9 Å². The van der Waals surface area contributed by atoms with E-state index in [1.54, 1.807) is 7.11 Å². The van der Waals surface area contributed by atoms with Crippen molar-refractivity contribution in [3.05, 3.63) is 0 Å². The van der Waals surface area contributed by atoms with Gasteiger partial charge < -0.3 is 45.3 Å². The number of hydrogen-bond donors (Lipinski definition) is 5. The molecule has 3 rings (SSSR count). The third-order valence-electron chi connectivity index (χ3n) is 11.3. The van der Waals surface area contributed by atoms with Gasteiger partial charge in [-0.15, -0.1) is 0 Å². The Hall–Kier alpha value is -1.34. The molecule has 0 amide bonds. The van der Waals surface area contributed by atoms with Crippen LogP contribution in [0.3, 0.4) is 0 Å². The third kappa shape index (κ3) is 13.8. The summed E-state index contributed by atoms with van der Waals surface area (Å²) in [7, 11) is 1.69. The number of nitrogens with two attached hydrogens (primary N) is 1. The lowest BCUT2D eigenvalue weighted by Gasteiger charge is -2.45. The second-order valence-electron chi connectivity index (χ2n) is 15.5. The lowest BCUT2D eigenvalue weighted by molar-refractivity contribution is -0.158. The van der Waals surface area contributed by atoms with Crippen LogP contribution in [0.25, 0.3) is 0 Å². The fourth-order valence-corrected chi connectivity index (χ4v) is 9.16. The van der Waals surface area contributed by atoms with Crippen LogP contribution in [0.2, 0.25) is 0 Å². The van der Waals surface area contributed by atoms with Gasteiger partial charge in [0.15, 0.2) is 0 Å². The highest BCUT2D eigenvalue weighted by Crippen LogP contribution is 2.44. The molecule has 0 spiro atoms. The summed E-state index contributed by atoms with van der Waals surface area (Å²) >= 11 is 0. The molecule has 6 N–H and O–H groups in total. The largest absolute Gasteiger partial charge is 0.462 e. The highest BCUT2D eigenvalue weighted by molar-refractivity contribution is 5.66. The lowest BCUT2D eigenvalue weighted by Crippen LogP contribution is -2.50. The number of esters is 2. The number of piperidine rings is 1. The molecule has 2 saturated carbocycles. The first-order valence-electron chi connectivity index (χ1n) is 18.8. The molecule has 12 atom stereocenters. The molecule has 1 heterocycles. The van der Waals surface area contributed by atoms with Gasteiger partial charge in [0, 0.05) is 34.0 Å². The van der Waals surface area contributed by atoms with Crippen LogP contribution >= 0.6 is 0 Å². The molecule has 0 aromatic rings. The number of nitrogens with one attached hydrogen (secondary N) is 1. The molecule has 11 heteroatoms. The third-order valence-corrected chi connectivity index (χ3v) is 11.3. The van der Waals surface area contributed by atoms with Crippen molar-refractivity contribution in [3.8, 4) is 0 Å². The number of carbonyl (C=O) groups excluding carboxylic acids is 2. The Labute approximate surface area is 289 Å². The molecule has 0 aromatic carbocycles. The average molecular weight is 685 g/mol. The van der Waals surface area contributed by atoms with Crippen molar-refractivity contribution in [2.24, 2.45) is 47.2 Å². The number of carbonyl (C=O) groups is 2. The van der Waals surface area contributed by atoms with Crippen LogP contribution < -0.4 is 11.1 Å². The maximum Gasteiger partial charge on any atom is 0.302 e. The molecule has 6 unspecified atom stereocenters. The van der Waals surface area contributed by atoms with Crippen molar-refractivity contribution in [3.63, 3.8) is 0 Å². The lowest BCUT2D eigenvalue weighted by atomic mass is 9.66.